The van der Waals surface area contributed by atoms with Gasteiger partial charge in [0.05, 0.1) is 31.5 Å². The summed E-state index contributed by atoms with van der Waals surface area (Å²) >= 11 is 0. The standard InChI is InChI=1S/C35H47F3N2O6/c36-35(37,38)18-7-21-43-31-15-10-27(11-16-31)25-46-32-13-8-26(9-14-32)12-17-33(41)44-19-5-3-1-2-4-6-20-45-34(42)28-22-29(39)24-30(40)23-28/h8-9,12-14,17,22-24,27,31H,1-7,10-11,15-16,18-21,25,39-40H2/b17-12+. The molecule has 11 heteroatoms. The second-order valence-electron chi connectivity index (χ2n) is 11.8. The molecule has 1 saturated carbocycles. The maximum atomic E-state index is 12.2. The van der Waals surface area contributed by atoms with E-state index >= 15 is 0 Å². The fourth-order valence-electron chi connectivity index (χ4n) is 5.22. The molecule has 0 atom stereocenters. The van der Waals surface area contributed by atoms with Gasteiger partial charge in [0.2, 0.25) is 0 Å². The molecule has 1 fully saturated rings. The van der Waals surface area contributed by atoms with Crippen molar-refractivity contribution in [1.82, 2.24) is 0 Å². The summed E-state index contributed by atoms with van der Waals surface area (Å²) in [5.41, 5.74) is 13.5. The van der Waals surface area contributed by atoms with Crippen LogP contribution in [0.1, 0.15) is 93.0 Å². The first-order valence-corrected chi connectivity index (χ1v) is 16.2. The van der Waals surface area contributed by atoms with Crippen LogP contribution in [0.25, 0.3) is 6.08 Å². The number of halogens is 3. The van der Waals surface area contributed by atoms with Crippen molar-refractivity contribution in [3.05, 3.63) is 59.7 Å². The monoisotopic (exact) mass is 648 g/mol. The molecule has 0 aliphatic heterocycles. The zero-order valence-corrected chi connectivity index (χ0v) is 26.4. The molecule has 8 nitrogen and oxygen atoms in total. The van der Waals surface area contributed by atoms with E-state index < -0.39 is 18.6 Å². The van der Waals surface area contributed by atoms with Crippen LogP contribution in [0.2, 0.25) is 0 Å². The lowest BCUT2D eigenvalue weighted by Gasteiger charge is -2.28. The molecule has 2 aromatic rings. The Hall–Kier alpha value is -3.73. The molecule has 4 N–H and O–H groups in total. The van der Waals surface area contributed by atoms with Gasteiger partial charge in [-0.2, -0.15) is 13.2 Å². The normalized spacial score (nSPS) is 16.8. The Morgan fingerprint density at radius 2 is 1.39 bits per heavy atom. The zero-order chi connectivity index (χ0) is 33.2. The average Bonchev–Trinajstić information content (AvgIpc) is 3.02. The highest BCUT2D eigenvalue weighted by molar-refractivity contribution is 5.91. The summed E-state index contributed by atoms with van der Waals surface area (Å²) in [6.07, 6.45) is 7.22. The van der Waals surface area contributed by atoms with Crippen molar-refractivity contribution >= 4 is 29.4 Å². The number of rotatable bonds is 19. The summed E-state index contributed by atoms with van der Waals surface area (Å²) in [6, 6.07) is 12.1. The number of nitrogens with two attached hydrogens (primary N) is 2. The van der Waals surface area contributed by atoms with Gasteiger partial charge in [0.1, 0.15) is 5.75 Å². The molecule has 46 heavy (non-hydrogen) atoms. The fourth-order valence-corrected chi connectivity index (χ4v) is 5.22. The van der Waals surface area contributed by atoms with Gasteiger partial charge in [0.15, 0.2) is 0 Å². The number of benzene rings is 2. The van der Waals surface area contributed by atoms with E-state index in [4.69, 9.17) is 30.4 Å². The van der Waals surface area contributed by atoms with Gasteiger partial charge in [-0.15, -0.1) is 0 Å². The maximum Gasteiger partial charge on any atom is 0.389 e. The molecule has 2 aromatic carbocycles. The predicted octanol–water partition coefficient (Wildman–Crippen LogP) is 7.90. The number of carbonyl (C=O) groups excluding carboxylic acids is 2. The summed E-state index contributed by atoms with van der Waals surface area (Å²) < 4.78 is 58.9. The van der Waals surface area contributed by atoms with E-state index in [1.54, 1.807) is 24.3 Å². The molecule has 0 bridgehead atoms. The van der Waals surface area contributed by atoms with E-state index in [2.05, 4.69) is 0 Å². The van der Waals surface area contributed by atoms with Crippen LogP contribution >= 0.6 is 0 Å². The molecule has 0 heterocycles. The van der Waals surface area contributed by atoms with Crippen LogP contribution in [0.4, 0.5) is 24.5 Å². The highest BCUT2D eigenvalue weighted by Gasteiger charge is 2.27. The number of anilines is 2. The molecule has 0 unspecified atom stereocenters. The third kappa shape index (κ3) is 15.5. The Kier molecular flexibility index (Phi) is 15.7. The van der Waals surface area contributed by atoms with Crippen molar-refractivity contribution in [1.29, 1.82) is 0 Å². The minimum atomic E-state index is -4.12. The third-order valence-electron chi connectivity index (χ3n) is 7.76. The van der Waals surface area contributed by atoms with Crippen molar-refractivity contribution in [2.45, 2.75) is 89.3 Å². The zero-order valence-electron chi connectivity index (χ0n) is 26.4. The lowest BCUT2D eigenvalue weighted by molar-refractivity contribution is -0.139. The minimum Gasteiger partial charge on any atom is -0.493 e. The Morgan fingerprint density at radius 3 is 2.02 bits per heavy atom. The maximum absolute atomic E-state index is 12.2. The molecule has 1 aliphatic rings. The van der Waals surface area contributed by atoms with E-state index in [1.165, 1.54) is 6.08 Å². The van der Waals surface area contributed by atoms with Crippen LogP contribution in [-0.4, -0.2) is 50.6 Å². The first kappa shape index (κ1) is 36.7. The van der Waals surface area contributed by atoms with Crippen LogP contribution in [0.3, 0.4) is 0 Å². The Bertz CT molecular complexity index is 1210. The number of nitrogen functional groups attached to an aromatic ring is 2. The quantitative estimate of drug-likeness (QED) is 0.0682. The molecule has 0 radical (unpaired) electrons. The lowest BCUT2D eigenvalue weighted by Crippen LogP contribution is -2.25. The second-order valence-corrected chi connectivity index (χ2v) is 11.8. The smallest absolute Gasteiger partial charge is 0.389 e. The largest absolute Gasteiger partial charge is 0.493 e. The van der Waals surface area contributed by atoms with Crippen molar-refractivity contribution in [3.63, 3.8) is 0 Å². The number of esters is 2. The summed E-state index contributed by atoms with van der Waals surface area (Å²) in [5, 5.41) is 0. The lowest BCUT2D eigenvalue weighted by atomic mass is 9.88. The summed E-state index contributed by atoms with van der Waals surface area (Å²) in [7, 11) is 0. The molecular weight excluding hydrogens is 601 g/mol. The van der Waals surface area contributed by atoms with E-state index in [1.807, 2.05) is 24.3 Å². The molecule has 0 amide bonds. The molecule has 0 aromatic heterocycles. The number of unbranched alkanes of at least 4 members (excludes halogenated alkanes) is 5. The van der Waals surface area contributed by atoms with Gasteiger partial charge in [-0.1, -0.05) is 37.8 Å². The van der Waals surface area contributed by atoms with E-state index in [-0.39, 0.29) is 25.1 Å². The first-order chi connectivity index (χ1) is 22.1. The van der Waals surface area contributed by atoms with E-state index in [0.29, 0.717) is 42.7 Å². The van der Waals surface area contributed by atoms with Crippen LogP contribution in [0, 0.1) is 5.92 Å². The fraction of sp³-hybridized carbons (Fsp3) is 0.543. The molecule has 1 aliphatic carbocycles. The van der Waals surface area contributed by atoms with Gasteiger partial charge in [-0.05, 0) is 92.8 Å². The number of carbonyl (C=O) groups is 2. The molecular formula is C35H47F3N2O6. The summed E-state index contributed by atoms with van der Waals surface area (Å²) in [4.78, 5) is 24.1. The number of hydrogen-bond donors (Lipinski definition) is 2. The first-order valence-electron chi connectivity index (χ1n) is 16.2. The van der Waals surface area contributed by atoms with Crippen LogP contribution in [0.5, 0.6) is 5.75 Å². The average molecular weight is 649 g/mol. The topological polar surface area (TPSA) is 123 Å². The highest BCUT2D eigenvalue weighted by atomic mass is 19.4. The summed E-state index contributed by atoms with van der Waals surface area (Å²) in [5.74, 6) is 0.322. The third-order valence-corrected chi connectivity index (χ3v) is 7.76. The Balaban J connectivity index is 1.16. The van der Waals surface area contributed by atoms with Gasteiger partial charge in [-0.3, -0.25) is 0 Å². The Labute approximate surface area is 269 Å². The molecule has 0 saturated heterocycles. The van der Waals surface area contributed by atoms with Crippen molar-refractivity contribution in [2.24, 2.45) is 5.92 Å². The highest BCUT2D eigenvalue weighted by Crippen LogP contribution is 2.28. The van der Waals surface area contributed by atoms with E-state index in [9.17, 15) is 22.8 Å². The predicted molar refractivity (Wildman–Crippen MR) is 172 cm³/mol. The van der Waals surface area contributed by atoms with Crippen molar-refractivity contribution in [3.8, 4) is 5.75 Å². The molecule has 0 spiro atoms. The van der Waals surface area contributed by atoms with Crippen molar-refractivity contribution in [2.75, 3.05) is 37.9 Å². The summed E-state index contributed by atoms with van der Waals surface area (Å²) in [6.45, 7) is 1.44. The van der Waals surface area contributed by atoms with Crippen molar-refractivity contribution < 1.29 is 41.7 Å². The van der Waals surface area contributed by atoms with Gasteiger partial charge < -0.3 is 30.4 Å². The molecule has 3 rings (SSSR count). The van der Waals surface area contributed by atoms with Crippen LogP contribution in [0.15, 0.2) is 48.5 Å². The molecule has 254 valence electrons. The Morgan fingerprint density at radius 1 is 0.783 bits per heavy atom. The van der Waals surface area contributed by atoms with Gasteiger partial charge >= 0.3 is 18.1 Å². The van der Waals surface area contributed by atoms with Crippen LogP contribution in [-0.2, 0) is 19.0 Å². The van der Waals surface area contributed by atoms with Gasteiger partial charge in [-0.25, -0.2) is 9.59 Å². The van der Waals surface area contributed by atoms with Crippen LogP contribution < -0.4 is 16.2 Å². The van der Waals surface area contributed by atoms with Gasteiger partial charge in [0, 0.05) is 30.5 Å². The van der Waals surface area contributed by atoms with E-state index in [0.717, 1.165) is 75.5 Å². The SMILES string of the molecule is Nc1cc(N)cc(C(=O)OCCCCCCCCOC(=O)/C=C/c2ccc(OCC3CCC(OCCCC(F)(F)F)CC3)cc2)c1. The number of ether oxygens (including phenoxy) is 4. The number of hydrogen-bond acceptors (Lipinski definition) is 8. The second kappa shape index (κ2) is 19.7. The minimum absolute atomic E-state index is 0.00900. The number of alkyl halides is 3. The van der Waals surface area contributed by atoms with Gasteiger partial charge in [0.25, 0.3) is 0 Å².